The Morgan fingerprint density at radius 3 is 2.38 bits per heavy atom. The second-order valence-electron chi connectivity index (χ2n) is 7.15. The van der Waals surface area contributed by atoms with Gasteiger partial charge in [0.15, 0.2) is 6.61 Å². The average molecular weight is 461 g/mol. The van der Waals surface area contributed by atoms with Crippen molar-refractivity contribution in [3.63, 3.8) is 0 Å². The van der Waals surface area contributed by atoms with Crippen molar-refractivity contribution in [3.8, 4) is 5.75 Å². The highest BCUT2D eigenvalue weighted by Crippen LogP contribution is 2.24. The Morgan fingerprint density at radius 2 is 1.72 bits per heavy atom. The molecule has 168 valence electrons. The first-order chi connectivity index (χ1) is 15.1. The molecule has 0 fully saturated rings. The van der Waals surface area contributed by atoms with Crippen LogP contribution >= 0.6 is 0 Å². The first kappa shape index (κ1) is 23.2. The molecule has 0 aromatic heterocycles. The quantitative estimate of drug-likeness (QED) is 0.545. The molecule has 0 aliphatic heterocycles. The number of carbonyl (C=O) groups excluding carboxylic acids is 1. The highest BCUT2D eigenvalue weighted by atomic mass is 32.2. The Bertz CT molecular complexity index is 1210. The summed E-state index contributed by atoms with van der Waals surface area (Å²) in [6.07, 6.45) is 1.04. The fraction of sp³-hybridized carbons (Fsp3) is 0.174. The maximum Gasteiger partial charge on any atom is 0.262 e. The maximum atomic E-state index is 14.0. The monoisotopic (exact) mass is 460 g/mol. The topological polar surface area (TPSA) is 75.7 Å². The molecule has 0 radical (unpaired) electrons. The molecule has 0 bridgehead atoms. The highest BCUT2D eigenvalue weighted by molar-refractivity contribution is 7.92. The maximum absolute atomic E-state index is 14.0. The molecule has 0 aliphatic carbocycles. The van der Waals surface area contributed by atoms with Gasteiger partial charge in [-0.05, 0) is 55.0 Å². The highest BCUT2D eigenvalue weighted by Gasteiger charge is 2.19. The molecular weight excluding hydrogens is 438 g/mol. The summed E-state index contributed by atoms with van der Waals surface area (Å²) >= 11 is 0. The molecule has 0 saturated carbocycles. The van der Waals surface area contributed by atoms with Crippen molar-refractivity contribution >= 4 is 27.3 Å². The number of benzene rings is 3. The van der Waals surface area contributed by atoms with E-state index in [4.69, 9.17) is 4.74 Å². The molecule has 0 heterocycles. The van der Waals surface area contributed by atoms with Crippen LogP contribution in [0.2, 0.25) is 0 Å². The second kappa shape index (κ2) is 9.78. The third-order valence-electron chi connectivity index (χ3n) is 4.64. The number of hydrogen-bond donors (Lipinski definition) is 1. The molecule has 1 amide bonds. The van der Waals surface area contributed by atoms with Crippen LogP contribution in [0.4, 0.5) is 20.2 Å². The molecular formula is C23H22F2N2O4S. The number of sulfonamides is 1. The van der Waals surface area contributed by atoms with Crippen LogP contribution in [0, 0.1) is 18.6 Å². The minimum Gasteiger partial charge on any atom is -0.484 e. The van der Waals surface area contributed by atoms with Gasteiger partial charge >= 0.3 is 0 Å². The average Bonchev–Trinajstić information content (AvgIpc) is 2.74. The van der Waals surface area contributed by atoms with E-state index in [-0.39, 0.29) is 18.7 Å². The molecule has 3 aromatic rings. The summed E-state index contributed by atoms with van der Waals surface area (Å²) in [6, 6.07) is 16.1. The van der Waals surface area contributed by atoms with Crippen LogP contribution in [0.1, 0.15) is 11.1 Å². The van der Waals surface area contributed by atoms with E-state index in [1.807, 2.05) is 0 Å². The van der Waals surface area contributed by atoms with Gasteiger partial charge in [0.05, 0.1) is 18.5 Å². The molecule has 0 aliphatic rings. The lowest BCUT2D eigenvalue weighted by atomic mass is 10.2. The Balaban J connectivity index is 1.67. The lowest BCUT2D eigenvalue weighted by Crippen LogP contribution is -2.29. The van der Waals surface area contributed by atoms with Crippen LogP contribution in [0.25, 0.3) is 0 Å². The lowest BCUT2D eigenvalue weighted by molar-refractivity contribution is -0.118. The summed E-state index contributed by atoms with van der Waals surface area (Å²) in [5, 5.41) is 2.58. The zero-order chi connectivity index (χ0) is 23.3. The molecule has 0 spiro atoms. The fourth-order valence-electron chi connectivity index (χ4n) is 2.95. The van der Waals surface area contributed by atoms with E-state index in [9.17, 15) is 22.0 Å². The summed E-state index contributed by atoms with van der Waals surface area (Å²) < 4.78 is 58.4. The molecule has 3 aromatic carbocycles. The van der Waals surface area contributed by atoms with Crippen LogP contribution in [0.5, 0.6) is 5.75 Å². The Labute approximate surface area is 185 Å². The minimum absolute atomic E-state index is 0.166. The fourth-order valence-corrected chi connectivity index (χ4v) is 3.83. The van der Waals surface area contributed by atoms with E-state index in [2.05, 4.69) is 5.32 Å². The zero-order valence-electron chi connectivity index (χ0n) is 17.5. The van der Waals surface area contributed by atoms with Gasteiger partial charge in [0.25, 0.3) is 5.91 Å². The van der Waals surface area contributed by atoms with E-state index in [1.165, 1.54) is 54.6 Å². The van der Waals surface area contributed by atoms with Crippen molar-refractivity contribution in [2.75, 3.05) is 22.5 Å². The predicted molar refractivity (Wildman–Crippen MR) is 119 cm³/mol. The van der Waals surface area contributed by atoms with Gasteiger partial charge in [-0.1, -0.05) is 24.3 Å². The molecule has 0 unspecified atom stereocenters. The first-order valence-corrected chi connectivity index (χ1v) is 11.5. The molecule has 32 heavy (non-hydrogen) atoms. The molecule has 3 rings (SSSR count). The van der Waals surface area contributed by atoms with E-state index in [1.54, 1.807) is 19.1 Å². The van der Waals surface area contributed by atoms with Crippen LogP contribution in [-0.2, 0) is 21.4 Å². The lowest BCUT2D eigenvalue weighted by Gasteiger charge is -2.23. The SMILES string of the molecule is Cc1ccc(F)cc1NC(=O)COc1ccc(N(Cc2ccccc2F)S(C)(=O)=O)cc1. The number of ether oxygens (including phenoxy) is 1. The number of anilines is 2. The predicted octanol–water partition coefficient (Wildman–Crippen LogP) is 4.26. The van der Waals surface area contributed by atoms with Gasteiger partial charge in [0.2, 0.25) is 10.0 Å². The number of rotatable bonds is 8. The third kappa shape index (κ3) is 6.04. The van der Waals surface area contributed by atoms with Crippen molar-refractivity contribution in [3.05, 3.63) is 89.5 Å². The van der Waals surface area contributed by atoms with E-state index in [0.29, 0.717) is 22.7 Å². The first-order valence-electron chi connectivity index (χ1n) is 9.63. The summed E-state index contributed by atoms with van der Waals surface area (Å²) in [5.74, 6) is -1.10. The Hall–Kier alpha value is -3.46. The van der Waals surface area contributed by atoms with Crippen LogP contribution in [0.3, 0.4) is 0 Å². The van der Waals surface area contributed by atoms with Gasteiger partial charge < -0.3 is 10.1 Å². The summed E-state index contributed by atoms with van der Waals surface area (Å²) in [7, 11) is -3.68. The zero-order valence-corrected chi connectivity index (χ0v) is 18.3. The van der Waals surface area contributed by atoms with Crippen molar-refractivity contribution in [2.24, 2.45) is 0 Å². The Kier molecular flexibility index (Phi) is 7.09. The largest absolute Gasteiger partial charge is 0.484 e. The normalized spacial score (nSPS) is 11.1. The summed E-state index contributed by atoms with van der Waals surface area (Å²) in [5.41, 5.74) is 1.62. The van der Waals surface area contributed by atoms with Crippen LogP contribution in [0.15, 0.2) is 66.7 Å². The van der Waals surface area contributed by atoms with Crippen LogP contribution < -0.4 is 14.4 Å². The van der Waals surface area contributed by atoms with Gasteiger partial charge in [-0.3, -0.25) is 9.10 Å². The van der Waals surface area contributed by atoms with E-state index >= 15 is 0 Å². The number of amides is 1. The molecule has 0 saturated heterocycles. The van der Waals surface area contributed by atoms with Gasteiger partial charge in [0.1, 0.15) is 17.4 Å². The van der Waals surface area contributed by atoms with Crippen molar-refractivity contribution < 1.29 is 26.7 Å². The van der Waals surface area contributed by atoms with E-state index < -0.39 is 27.6 Å². The van der Waals surface area contributed by atoms with Gasteiger partial charge in [0, 0.05) is 11.3 Å². The van der Waals surface area contributed by atoms with Gasteiger partial charge in [-0.15, -0.1) is 0 Å². The number of carbonyl (C=O) groups is 1. The van der Waals surface area contributed by atoms with Crippen molar-refractivity contribution in [2.45, 2.75) is 13.5 Å². The molecule has 6 nitrogen and oxygen atoms in total. The number of nitrogens with one attached hydrogen (secondary N) is 1. The minimum atomic E-state index is -3.68. The van der Waals surface area contributed by atoms with Gasteiger partial charge in [-0.2, -0.15) is 0 Å². The number of aryl methyl sites for hydroxylation is 1. The third-order valence-corrected chi connectivity index (χ3v) is 5.78. The number of hydrogen-bond acceptors (Lipinski definition) is 4. The van der Waals surface area contributed by atoms with Gasteiger partial charge in [-0.25, -0.2) is 17.2 Å². The number of nitrogens with zero attached hydrogens (tertiary/aromatic N) is 1. The number of halogens is 2. The smallest absolute Gasteiger partial charge is 0.262 e. The van der Waals surface area contributed by atoms with Crippen molar-refractivity contribution in [1.82, 2.24) is 0 Å². The Morgan fingerprint density at radius 1 is 1.03 bits per heavy atom. The van der Waals surface area contributed by atoms with Crippen molar-refractivity contribution in [1.29, 1.82) is 0 Å². The van der Waals surface area contributed by atoms with Crippen LogP contribution in [-0.4, -0.2) is 27.2 Å². The molecule has 1 N–H and O–H groups in total. The standard InChI is InChI=1S/C23H22F2N2O4S/c1-16-7-8-18(24)13-22(16)26-23(28)15-31-20-11-9-19(10-12-20)27(32(2,29)30)14-17-5-3-4-6-21(17)25/h3-13H,14-15H2,1-2H3,(H,26,28). The van der Waals surface area contributed by atoms with E-state index in [0.717, 1.165) is 10.6 Å². The molecule has 0 atom stereocenters. The summed E-state index contributed by atoms with van der Waals surface area (Å²) in [4.78, 5) is 12.1. The molecule has 9 heteroatoms. The second-order valence-corrected chi connectivity index (χ2v) is 9.06. The summed E-state index contributed by atoms with van der Waals surface area (Å²) in [6.45, 7) is 1.25.